The summed E-state index contributed by atoms with van der Waals surface area (Å²) in [6.45, 7) is 11.2. The lowest BCUT2D eigenvalue weighted by molar-refractivity contribution is -0.0118. The van der Waals surface area contributed by atoms with E-state index in [0.29, 0.717) is 19.3 Å². The maximum absolute atomic E-state index is 5.78. The Bertz CT molecular complexity index is 396. The maximum atomic E-state index is 5.78. The number of halogens is 1. The van der Waals surface area contributed by atoms with E-state index < -0.39 is 0 Å². The van der Waals surface area contributed by atoms with Gasteiger partial charge in [0.1, 0.15) is 0 Å². The summed E-state index contributed by atoms with van der Waals surface area (Å²) >= 11 is 3.62. The molecule has 4 heteroatoms. The third-order valence-corrected chi connectivity index (χ3v) is 3.65. The van der Waals surface area contributed by atoms with Gasteiger partial charge in [0.25, 0.3) is 0 Å². The smallest absolute Gasteiger partial charge is 0.0785 e. The van der Waals surface area contributed by atoms with Gasteiger partial charge in [-0.3, -0.25) is 0 Å². The molecule has 0 radical (unpaired) electrons. The SMILES string of the molecule is CCOCC(C)OCc1ccc(CNC(C)C)cc1Br. The van der Waals surface area contributed by atoms with Crippen molar-refractivity contribution in [1.82, 2.24) is 5.32 Å². The molecule has 0 amide bonds. The van der Waals surface area contributed by atoms with Gasteiger partial charge in [-0.25, -0.2) is 0 Å². The van der Waals surface area contributed by atoms with Gasteiger partial charge in [-0.15, -0.1) is 0 Å². The van der Waals surface area contributed by atoms with Crippen LogP contribution in [0.1, 0.15) is 38.8 Å². The van der Waals surface area contributed by atoms with Crippen LogP contribution in [0, 0.1) is 0 Å². The first kappa shape index (κ1) is 17.6. The number of rotatable bonds is 9. The first-order chi connectivity index (χ1) is 9.52. The molecule has 1 rings (SSSR count). The average molecular weight is 344 g/mol. The van der Waals surface area contributed by atoms with Crippen molar-refractivity contribution >= 4 is 15.9 Å². The summed E-state index contributed by atoms with van der Waals surface area (Å²) in [4.78, 5) is 0. The number of hydrogen-bond donors (Lipinski definition) is 1. The van der Waals surface area contributed by atoms with Crippen LogP contribution in [0.3, 0.4) is 0 Å². The summed E-state index contributed by atoms with van der Waals surface area (Å²) in [5.41, 5.74) is 2.44. The zero-order valence-electron chi connectivity index (χ0n) is 12.9. The molecular formula is C16H26BrNO2. The molecule has 0 fully saturated rings. The van der Waals surface area contributed by atoms with Crippen LogP contribution >= 0.6 is 15.9 Å². The molecule has 0 saturated heterocycles. The van der Waals surface area contributed by atoms with Gasteiger partial charge in [0.05, 0.1) is 19.3 Å². The van der Waals surface area contributed by atoms with Gasteiger partial charge in [0.15, 0.2) is 0 Å². The predicted octanol–water partition coefficient (Wildman–Crippen LogP) is 3.89. The van der Waals surface area contributed by atoms with Crippen LogP contribution in [0.2, 0.25) is 0 Å². The molecule has 0 aromatic heterocycles. The predicted molar refractivity (Wildman–Crippen MR) is 86.9 cm³/mol. The Morgan fingerprint density at radius 3 is 2.60 bits per heavy atom. The van der Waals surface area contributed by atoms with Crippen molar-refractivity contribution in [3.8, 4) is 0 Å². The van der Waals surface area contributed by atoms with Crippen molar-refractivity contribution in [2.45, 2.75) is 53.0 Å². The summed E-state index contributed by atoms with van der Waals surface area (Å²) in [7, 11) is 0. The van der Waals surface area contributed by atoms with E-state index in [1.807, 2.05) is 13.8 Å². The fourth-order valence-electron chi connectivity index (χ4n) is 1.70. The van der Waals surface area contributed by atoms with Gasteiger partial charge in [-0.05, 0) is 31.0 Å². The molecule has 0 heterocycles. The highest BCUT2D eigenvalue weighted by Crippen LogP contribution is 2.20. The van der Waals surface area contributed by atoms with Gasteiger partial charge in [-0.1, -0.05) is 41.9 Å². The molecule has 0 aliphatic carbocycles. The highest BCUT2D eigenvalue weighted by atomic mass is 79.9. The zero-order chi connectivity index (χ0) is 15.0. The molecular weight excluding hydrogens is 318 g/mol. The fraction of sp³-hybridized carbons (Fsp3) is 0.625. The highest BCUT2D eigenvalue weighted by molar-refractivity contribution is 9.10. The molecule has 1 aromatic carbocycles. The summed E-state index contributed by atoms with van der Waals surface area (Å²) in [6, 6.07) is 6.92. The third kappa shape index (κ3) is 6.84. The second-order valence-electron chi connectivity index (χ2n) is 5.24. The lowest BCUT2D eigenvalue weighted by Gasteiger charge is -2.14. The number of nitrogens with one attached hydrogen (secondary N) is 1. The second kappa shape index (κ2) is 9.50. The van der Waals surface area contributed by atoms with Crippen molar-refractivity contribution < 1.29 is 9.47 Å². The monoisotopic (exact) mass is 343 g/mol. The van der Waals surface area contributed by atoms with Crippen LogP contribution < -0.4 is 5.32 Å². The van der Waals surface area contributed by atoms with Crippen molar-refractivity contribution in [2.24, 2.45) is 0 Å². The Balaban J connectivity index is 2.47. The van der Waals surface area contributed by atoms with E-state index >= 15 is 0 Å². The molecule has 0 saturated carbocycles. The minimum atomic E-state index is 0.115. The van der Waals surface area contributed by atoms with Crippen LogP contribution in [0.4, 0.5) is 0 Å². The van der Waals surface area contributed by atoms with E-state index in [1.165, 1.54) is 11.1 Å². The quantitative estimate of drug-likeness (QED) is 0.737. The van der Waals surface area contributed by atoms with Crippen LogP contribution in [0.15, 0.2) is 22.7 Å². The van der Waals surface area contributed by atoms with Crippen molar-refractivity contribution in [3.05, 3.63) is 33.8 Å². The lowest BCUT2D eigenvalue weighted by Crippen LogP contribution is -2.21. The summed E-state index contributed by atoms with van der Waals surface area (Å²) in [5, 5.41) is 3.41. The van der Waals surface area contributed by atoms with E-state index in [2.05, 4.69) is 53.3 Å². The molecule has 114 valence electrons. The zero-order valence-corrected chi connectivity index (χ0v) is 14.5. The molecule has 1 unspecified atom stereocenters. The van der Waals surface area contributed by atoms with Gasteiger partial charge >= 0.3 is 0 Å². The molecule has 0 bridgehead atoms. The fourth-order valence-corrected chi connectivity index (χ4v) is 2.24. The number of benzene rings is 1. The first-order valence-electron chi connectivity index (χ1n) is 7.23. The third-order valence-electron chi connectivity index (χ3n) is 2.91. The number of ether oxygens (including phenoxy) is 2. The van der Waals surface area contributed by atoms with Crippen molar-refractivity contribution in [3.63, 3.8) is 0 Å². The Hall–Kier alpha value is -0.420. The molecule has 20 heavy (non-hydrogen) atoms. The normalized spacial score (nSPS) is 12.9. The Kier molecular flexibility index (Phi) is 8.38. The number of hydrogen-bond acceptors (Lipinski definition) is 3. The Morgan fingerprint density at radius 1 is 1.25 bits per heavy atom. The maximum Gasteiger partial charge on any atom is 0.0785 e. The van der Waals surface area contributed by atoms with E-state index in [1.54, 1.807) is 0 Å². The van der Waals surface area contributed by atoms with Crippen molar-refractivity contribution in [2.75, 3.05) is 13.2 Å². The van der Waals surface area contributed by atoms with E-state index in [4.69, 9.17) is 9.47 Å². The summed E-state index contributed by atoms with van der Waals surface area (Å²) in [5.74, 6) is 0. The van der Waals surface area contributed by atoms with Gasteiger partial charge in [0, 0.05) is 23.7 Å². The molecule has 0 aliphatic rings. The Morgan fingerprint density at radius 2 is 2.00 bits per heavy atom. The summed E-state index contributed by atoms with van der Waals surface area (Å²) in [6.07, 6.45) is 0.115. The van der Waals surface area contributed by atoms with Gasteiger partial charge in [0.2, 0.25) is 0 Å². The molecule has 1 aromatic rings. The summed E-state index contributed by atoms with van der Waals surface area (Å²) < 4.78 is 12.2. The average Bonchev–Trinajstić information content (AvgIpc) is 2.41. The van der Waals surface area contributed by atoms with E-state index in [-0.39, 0.29) is 6.10 Å². The minimum absolute atomic E-state index is 0.115. The molecule has 0 spiro atoms. The molecule has 3 nitrogen and oxygen atoms in total. The van der Waals surface area contributed by atoms with E-state index in [0.717, 1.165) is 17.6 Å². The lowest BCUT2D eigenvalue weighted by atomic mass is 10.1. The van der Waals surface area contributed by atoms with E-state index in [9.17, 15) is 0 Å². The van der Waals surface area contributed by atoms with Crippen LogP contribution in [-0.4, -0.2) is 25.4 Å². The van der Waals surface area contributed by atoms with Crippen LogP contribution in [0.5, 0.6) is 0 Å². The van der Waals surface area contributed by atoms with Gasteiger partial charge in [-0.2, -0.15) is 0 Å². The standard InChI is InChI=1S/C16H26BrNO2/c1-5-19-10-13(4)20-11-15-7-6-14(8-16(15)17)9-18-12(2)3/h6-8,12-13,18H,5,9-11H2,1-4H3. The van der Waals surface area contributed by atoms with Crippen molar-refractivity contribution in [1.29, 1.82) is 0 Å². The Labute approximate surface area is 131 Å². The molecule has 1 N–H and O–H groups in total. The van der Waals surface area contributed by atoms with Gasteiger partial charge < -0.3 is 14.8 Å². The topological polar surface area (TPSA) is 30.5 Å². The second-order valence-corrected chi connectivity index (χ2v) is 6.10. The first-order valence-corrected chi connectivity index (χ1v) is 8.02. The van der Waals surface area contributed by atoms with Crippen LogP contribution in [0.25, 0.3) is 0 Å². The minimum Gasteiger partial charge on any atom is -0.379 e. The van der Waals surface area contributed by atoms with Crippen LogP contribution in [-0.2, 0) is 22.6 Å². The highest BCUT2D eigenvalue weighted by Gasteiger charge is 2.06. The molecule has 1 atom stereocenters. The largest absolute Gasteiger partial charge is 0.379 e. The molecule has 0 aliphatic heterocycles.